The van der Waals surface area contributed by atoms with Gasteiger partial charge in [0.1, 0.15) is 11.4 Å². The molecule has 2 aromatic carbocycles. The summed E-state index contributed by atoms with van der Waals surface area (Å²) in [6.45, 7) is 3.93. The Kier molecular flexibility index (Phi) is 3.70. The average Bonchev–Trinajstić information content (AvgIpc) is 3.28. The largest absolute Gasteiger partial charge is 0.324 e. The zero-order chi connectivity index (χ0) is 20.5. The first-order chi connectivity index (χ1) is 13.9. The van der Waals surface area contributed by atoms with Crippen LogP contribution in [0.1, 0.15) is 19.4 Å². The summed E-state index contributed by atoms with van der Waals surface area (Å²) < 4.78 is 13.4. The van der Waals surface area contributed by atoms with Crippen LogP contribution in [0.15, 0.2) is 48.5 Å². The van der Waals surface area contributed by atoms with Crippen LogP contribution < -0.4 is 15.5 Å². The van der Waals surface area contributed by atoms with Gasteiger partial charge in [-0.15, -0.1) is 0 Å². The number of hydrogen-bond acceptors (Lipinski definition) is 4. The second-order valence-corrected chi connectivity index (χ2v) is 8.21. The van der Waals surface area contributed by atoms with Gasteiger partial charge >= 0.3 is 0 Å². The normalized spacial score (nSPS) is 30.3. The van der Waals surface area contributed by atoms with E-state index in [9.17, 15) is 18.8 Å². The third-order valence-electron chi connectivity index (χ3n) is 6.36. The van der Waals surface area contributed by atoms with Gasteiger partial charge in [0.05, 0.1) is 17.5 Å². The summed E-state index contributed by atoms with van der Waals surface area (Å²) in [4.78, 5) is 41.3. The van der Waals surface area contributed by atoms with E-state index >= 15 is 0 Å². The highest BCUT2D eigenvalue weighted by Gasteiger charge is 2.70. The lowest BCUT2D eigenvalue weighted by atomic mass is 9.76. The number of carbonyl (C=O) groups excluding carboxylic acids is 3. The third kappa shape index (κ3) is 2.22. The smallest absolute Gasteiger partial charge is 0.250 e. The fraction of sp³-hybridized carbons (Fsp3) is 0.318. The highest BCUT2D eigenvalue weighted by Crippen LogP contribution is 2.54. The number of nitrogens with zero attached hydrogens (tertiary/aromatic N) is 1. The number of carbonyl (C=O) groups is 3. The van der Waals surface area contributed by atoms with E-state index in [1.54, 1.807) is 6.07 Å². The van der Waals surface area contributed by atoms with E-state index in [-0.39, 0.29) is 23.8 Å². The van der Waals surface area contributed by atoms with Crippen molar-refractivity contribution in [3.05, 3.63) is 59.9 Å². The Bertz CT molecular complexity index is 1050. The predicted molar refractivity (Wildman–Crippen MR) is 104 cm³/mol. The third-order valence-corrected chi connectivity index (χ3v) is 6.36. The first-order valence-corrected chi connectivity index (χ1v) is 9.68. The van der Waals surface area contributed by atoms with Gasteiger partial charge in [-0.3, -0.25) is 19.7 Å². The lowest BCUT2D eigenvalue weighted by Crippen LogP contribution is -2.54. The number of halogens is 1. The van der Waals surface area contributed by atoms with Gasteiger partial charge in [0.25, 0.3) is 0 Å². The lowest BCUT2D eigenvalue weighted by molar-refractivity contribution is -0.130. The molecule has 0 radical (unpaired) electrons. The van der Waals surface area contributed by atoms with Crippen LogP contribution >= 0.6 is 0 Å². The molecule has 3 heterocycles. The lowest BCUT2D eigenvalue weighted by Gasteiger charge is -2.30. The van der Waals surface area contributed by atoms with Crippen LogP contribution in [0, 0.1) is 23.6 Å². The predicted octanol–water partition coefficient (Wildman–Crippen LogP) is 2.41. The van der Waals surface area contributed by atoms with Crippen LogP contribution in [-0.4, -0.2) is 23.8 Å². The van der Waals surface area contributed by atoms with E-state index in [4.69, 9.17) is 0 Å². The molecule has 2 saturated heterocycles. The number of imide groups is 1. The van der Waals surface area contributed by atoms with Gasteiger partial charge in [0.2, 0.25) is 17.7 Å². The summed E-state index contributed by atoms with van der Waals surface area (Å²) in [6.07, 6.45) is 0. The molecule has 4 atom stereocenters. The average molecular weight is 393 g/mol. The summed E-state index contributed by atoms with van der Waals surface area (Å²) in [7, 11) is 0. The number of rotatable bonds is 2. The first kappa shape index (κ1) is 18.0. The molecule has 0 aliphatic carbocycles. The first-order valence-electron chi connectivity index (χ1n) is 9.68. The molecule has 3 amide bonds. The topological polar surface area (TPSA) is 78.5 Å². The minimum Gasteiger partial charge on any atom is -0.324 e. The molecule has 3 aliphatic heterocycles. The van der Waals surface area contributed by atoms with Crippen molar-refractivity contribution in [3.63, 3.8) is 0 Å². The Morgan fingerprint density at radius 1 is 1.00 bits per heavy atom. The molecule has 0 bridgehead atoms. The number of fused-ring (bicyclic) bond motifs is 4. The molecule has 29 heavy (non-hydrogen) atoms. The van der Waals surface area contributed by atoms with Crippen LogP contribution in [0.5, 0.6) is 0 Å². The molecule has 5 rings (SSSR count). The van der Waals surface area contributed by atoms with Gasteiger partial charge in [-0.1, -0.05) is 32.0 Å². The molecular formula is C22H20FN3O3. The van der Waals surface area contributed by atoms with E-state index in [0.29, 0.717) is 16.9 Å². The van der Waals surface area contributed by atoms with E-state index in [2.05, 4.69) is 10.6 Å². The van der Waals surface area contributed by atoms with Crippen molar-refractivity contribution in [3.8, 4) is 0 Å². The van der Waals surface area contributed by atoms with Crippen molar-refractivity contribution in [2.24, 2.45) is 17.8 Å². The number of benzene rings is 2. The maximum atomic E-state index is 13.6. The van der Waals surface area contributed by atoms with Gasteiger partial charge in [0, 0.05) is 17.3 Å². The van der Waals surface area contributed by atoms with Crippen LogP contribution in [0.25, 0.3) is 0 Å². The molecule has 0 saturated carbocycles. The molecule has 2 aromatic rings. The standard InChI is InChI=1S/C22H20FN3O3/c1-11(2)18-16-17(20(28)26(19(16)27)13-9-7-12(23)8-10-13)22(25-18)14-5-3-4-6-15(14)24-21(22)29/h3-11,16-18,25H,1-2H3,(H,24,29). The second-order valence-electron chi connectivity index (χ2n) is 8.21. The van der Waals surface area contributed by atoms with Crippen molar-refractivity contribution in [1.29, 1.82) is 0 Å². The van der Waals surface area contributed by atoms with Crippen molar-refractivity contribution in [2.75, 3.05) is 10.2 Å². The Labute approximate surface area is 167 Å². The molecular weight excluding hydrogens is 373 g/mol. The van der Waals surface area contributed by atoms with Crippen molar-refractivity contribution < 1.29 is 18.8 Å². The van der Waals surface area contributed by atoms with Crippen molar-refractivity contribution in [1.82, 2.24) is 5.32 Å². The van der Waals surface area contributed by atoms with Crippen LogP contribution in [-0.2, 0) is 19.9 Å². The zero-order valence-electron chi connectivity index (χ0n) is 16.0. The van der Waals surface area contributed by atoms with Crippen molar-refractivity contribution >= 4 is 29.1 Å². The minimum atomic E-state index is -1.29. The molecule has 4 unspecified atom stereocenters. The maximum absolute atomic E-state index is 13.6. The summed E-state index contributed by atoms with van der Waals surface area (Å²) >= 11 is 0. The summed E-state index contributed by atoms with van der Waals surface area (Å²) in [5.74, 6) is -3.08. The maximum Gasteiger partial charge on any atom is 0.250 e. The summed E-state index contributed by atoms with van der Waals surface area (Å²) in [5.41, 5.74) is 0.358. The number of hydrogen-bond donors (Lipinski definition) is 2. The van der Waals surface area contributed by atoms with E-state index in [1.807, 2.05) is 32.0 Å². The second kappa shape index (κ2) is 5.97. The summed E-state index contributed by atoms with van der Waals surface area (Å²) in [6, 6.07) is 12.2. The highest BCUT2D eigenvalue weighted by molar-refractivity contribution is 6.25. The molecule has 2 N–H and O–H groups in total. The molecule has 2 fully saturated rings. The number of amides is 3. The number of nitrogens with one attached hydrogen (secondary N) is 2. The monoisotopic (exact) mass is 393 g/mol. The zero-order valence-corrected chi connectivity index (χ0v) is 16.0. The Balaban J connectivity index is 1.68. The molecule has 0 aromatic heterocycles. The number of para-hydroxylation sites is 1. The summed E-state index contributed by atoms with van der Waals surface area (Å²) in [5, 5.41) is 6.24. The Morgan fingerprint density at radius 3 is 2.38 bits per heavy atom. The van der Waals surface area contributed by atoms with Crippen LogP contribution in [0.4, 0.5) is 15.8 Å². The molecule has 3 aliphatic rings. The fourth-order valence-corrected chi connectivity index (χ4v) is 5.11. The van der Waals surface area contributed by atoms with Crippen molar-refractivity contribution in [2.45, 2.75) is 25.4 Å². The molecule has 7 heteroatoms. The SMILES string of the molecule is CC(C)C1NC2(C(=O)Nc3ccccc32)C2C(=O)N(c3ccc(F)cc3)C(=O)C12. The Hall–Kier alpha value is -3.06. The van der Waals surface area contributed by atoms with Gasteiger partial charge in [0.15, 0.2) is 0 Å². The minimum absolute atomic E-state index is 0.0207. The molecule has 148 valence electrons. The quantitative estimate of drug-likeness (QED) is 0.768. The van der Waals surface area contributed by atoms with E-state index < -0.39 is 29.1 Å². The number of anilines is 2. The van der Waals surface area contributed by atoms with Crippen LogP contribution in [0.2, 0.25) is 0 Å². The van der Waals surface area contributed by atoms with E-state index in [1.165, 1.54) is 24.3 Å². The van der Waals surface area contributed by atoms with Crippen LogP contribution in [0.3, 0.4) is 0 Å². The Morgan fingerprint density at radius 2 is 1.69 bits per heavy atom. The fourth-order valence-electron chi connectivity index (χ4n) is 5.11. The van der Waals surface area contributed by atoms with Gasteiger partial charge in [-0.05, 0) is 36.2 Å². The van der Waals surface area contributed by atoms with Gasteiger partial charge in [-0.25, -0.2) is 9.29 Å². The molecule has 6 nitrogen and oxygen atoms in total. The van der Waals surface area contributed by atoms with E-state index in [0.717, 1.165) is 4.90 Å². The van der Waals surface area contributed by atoms with Gasteiger partial charge < -0.3 is 5.32 Å². The molecule has 1 spiro atoms. The van der Waals surface area contributed by atoms with Gasteiger partial charge in [-0.2, -0.15) is 0 Å². The highest BCUT2D eigenvalue weighted by atomic mass is 19.1.